The topological polar surface area (TPSA) is 37.8 Å². The fourth-order valence-corrected chi connectivity index (χ4v) is 1.63. The Morgan fingerprint density at radius 3 is 3.00 bits per heavy atom. The number of aryl methyl sites for hydroxylation is 1. The van der Waals surface area contributed by atoms with Crippen molar-refractivity contribution >= 4 is 0 Å². The van der Waals surface area contributed by atoms with Gasteiger partial charge in [-0.3, -0.25) is 0 Å². The van der Waals surface area contributed by atoms with E-state index < -0.39 is 0 Å². The van der Waals surface area contributed by atoms with Gasteiger partial charge < -0.3 is 5.32 Å². The molecule has 0 amide bonds. The minimum Gasteiger partial charge on any atom is -0.309 e. The summed E-state index contributed by atoms with van der Waals surface area (Å²) in [6, 6.07) is 2.31. The van der Waals surface area contributed by atoms with Crippen LogP contribution in [-0.4, -0.2) is 16.5 Å². The van der Waals surface area contributed by atoms with Crippen molar-refractivity contribution in [2.24, 2.45) is 0 Å². The molecular formula is C13H21N3. The van der Waals surface area contributed by atoms with E-state index >= 15 is 0 Å². The first-order valence-corrected chi connectivity index (χ1v) is 5.91. The van der Waals surface area contributed by atoms with Crippen molar-refractivity contribution in [1.29, 1.82) is 0 Å². The number of rotatable bonds is 7. The molecule has 0 radical (unpaired) electrons. The summed E-state index contributed by atoms with van der Waals surface area (Å²) in [6.45, 7) is 8.88. The number of aromatic nitrogens is 2. The summed E-state index contributed by atoms with van der Waals surface area (Å²) in [5.74, 6) is 0.833. The van der Waals surface area contributed by atoms with Crippen molar-refractivity contribution in [3.8, 4) is 0 Å². The molecule has 0 saturated carbocycles. The second-order valence-corrected chi connectivity index (χ2v) is 3.90. The van der Waals surface area contributed by atoms with Crippen LogP contribution in [0.1, 0.15) is 43.7 Å². The van der Waals surface area contributed by atoms with Crippen LogP contribution in [0.2, 0.25) is 0 Å². The Morgan fingerprint density at radius 1 is 1.56 bits per heavy atom. The van der Waals surface area contributed by atoms with E-state index in [4.69, 9.17) is 0 Å². The monoisotopic (exact) mass is 219 g/mol. The van der Waals surface area contributed by atoms with E-state index in [0.717, 1.165) is 37.3 Å². The van der Waals surface area contributed by atoms with E-state index in [1.54, 1.807) is 0 Å². The summed E-state index contributed by atoms with van der Waals surface area (Å²) >= 11 is 0. The normalized spacial score (nSPS) is 12.4. The van der Waals surface area contributed by atoms with Crippen molar-refractivity contribution < 1.29 is 0 Å². The quantitative estimate of drug-likeness (QED) is 0.717. The second kappa shape index (κ2) is 7.12. The molecule has 1 rings (SSSR count). The Hall–Kier alpha value is -1.22. The molecule has 1 N–H and O–H groups in total. The highest BCUT2D eigenvalue weighted by Gasteiger charge is 2.11. The summed E-state index contributed by atoms with van der Waals surface area (Å²) in [5, 5.41) is 3.51. The molecule has 0 aliphatic heterocycles. The third-order valence-corrected chi connectivity index (χ3v) is 2.45. The molecule has 3 heteroatoms. The van der Waals surface area contributed by atoms with E-state index in [1.807, 2.05) is 25.3 Å². The number of nitrogens with one attached hydrogen (secondary N) is 1. The van der Waals surface area contributed by atoms with Gasteiger partial charge in [0.1, 0.15) is 5.82 Å². The van der Waals surface area contributed by atoms with Gasteiger partial charge in [0.2, 0.25) is 0 Å². The Bertz CT molecular complexity index is 323. The molecule has 0 bridgehead atoms. The Morgan fingerprint density at radius 2 is 2.38 bits per heavy atom. The molecular weight excluding hydrogens is 198 g/mol. The number of hydrogen-bond acceptors (Lipinski definition) is 3. The Kier molecular flexibility index (Phi) is 5.72. The lowest BCUT2D eigenvalue weighted by atomic mass is 10.1. The van der Waals surface area contributed by atoms with Gasteiger partial charge in [-0.2, -0.15) is 0 Å². The van der Waals surface area contributed by atoms with Crippen LogP contribution in [0.5, 0.6) is 0 Å². The molecule has 0 aliphatic carbocycles. The third kappa shape index (κ3) is 4.11. The smallest absolute Gasteiger partial charge is 0.125 e. The molecule has 1 heterocycles. The molecule has 1 atom stereocenters. The number of nitrogens with zero attached hydrogens (tertiary/aromatic N) is 2. The molecule has 3 nitrogen and oxygen atoms in total. The summed E-state index contributed by atoms with van der Waals surface area (Å²) < 4.78 is 0. The highest BCUT2D eigenvalue weighted by molar-refractivity contribution is 5.07. The van der Waals surface area contributed by atoms with E-state index in [1.165, 1.54) is 0 Å². The van der Waals surface area contributed by atoms with Crippen LogP contribution < -0.4 is 5.32 Å². The minimum atomic E-state index is 0.319. The summed E-state index contributed by atoms with van der Waals surface area (Å²) in [4.78, 5) is 8.60. The predicted molar refractivity (Wildman–Crippen MR) is 67.2 cm³/mol. The minimum absolute atomic E-state index is 0.319. The molecule has 16 heavy (non-hydrogen) atoms. The standard InChI is InChI=1S/C13H21N3/c1-4-6-7-12(15-9-5-2)13-8-10-14-11(3)16-13/h4,8,10,12,15H,1,5-7,9H2,2-3H3. The Labute approximate surface area is 98.0 Å². The molecule has 1 aromatic heterocycles. The molecule has 0 aliphatic rings. The zero-order valence-corrected chi connectivity index (χ0v) is 10.2. The summed E-state index contributed by atoms with van der Waals surface area (Å²) in [7, 11) is 0. The lowest BCUT2D eigenvalue weighted by molar-refractivity contribution is 0.490. The van der Waals surface area contributed by atoms with Crippen molar-refractivity contribution in [2.75, 3.05) is 6.54 Å². The van der Waals surface area contributed by atoms with Crippen LogP contribution in [0.3, 0.4) is 0 Å². The highest BCUT2D eigenvalue weighted by atomic mass is 15.0. The van der Waals surface area contributed by atoms with Gasteiger partial charge in [-0.05, 0) is 38.8 Å². The maximum absolute atomic E-state index is 4.47. The molecule has 0 spiro atoms. The molecule has 0 aromatic carbocycles. The fourth-order valence-electron chi connectivity index (χ4n) is 1.63. The van der Waals surface area contributed by atoms with Crippen LogP contribution in [-0.2, 0) is 0 Å². The van der Waals surface area contributed by atoms with Crippen LogP contribution in [0, 0.1) is 6.92 Å². The zero-order chi connectivity index (χ0) is 11.8. The maximum Gasteiger partial charge on any atom is 0.125 e. The first kappa shape index (κ1) is 12.8. The first-order valence-electron chi connectivity index (χ1n) is 5.91. The van der Waals surface area contributed by atoms with Gasteiger partial charge in [0.15, 0.2) is 0 Å². The third-order valence-electron chi connectivity index (χ3n) is 2.45. The van der Waals surface area contributed by atoms with Crippen molar-refractivity contribution in [3.05, 3.63) is 36.4 Å². The molecule has 1 unspecified atom stereocenters. The van der Waals surface area contributed by atoms with Crippen LogP contribution in [0.15, 0.2) is 24.9 Å². The van der Waals surface area contributed by atoms with Crippen molar-refractivity contribution in [1.82, 2.24) is 15.3 Å². The van der Waals surface area contributed by atoms with E-state index in [2.05, 4.69) is 28.8 Å². The van der Waals surface area contributed by atoms with Crippen molar-refractivity contribution in [2.45, 2.75) is 39.2 Å². The van der Waals surface area contributed by atoms with E-state index in [0.29, 0.717) is 6.04 Å². The number of allylic oxidation sites excluding steroid dienone is 1. The van der Waals surface area contributed by atoms with Gasteiger partial charge in [-0.25, -0.2) is 9.97 Å². The molecule has 88 valence electrons. The van der Waals surface area contributed by atoms with Gasteiger partial charge in [0.05, 0.1) is 5.69 Å². The molecule has 0 fully saturated rings. The fraction of sp³-hybridized carbons (Fsp3) is 0.538. The predicted octanol–water partition coefficient (Wildman–Crippen LogP) is 2.79. The van der Waals surface area contributed by atoms with Gasteiger partial charge in [-0.1, -0.05) is 13.0 Å². The summed E-state index contributed by atoms with van der Waals surface area (Å²) in [6.07, 6.45) is 6.96. The van der Waals surface area contributed by atoms with Crippen LogP contribution >= 0.6 is 0 Å². The van der Waals surface area contributed by atoms with Gasteiger partial charge >= 0.3 is 0 Å². The average molecular weight is 219 g/mol. The van der Waals surface area contributed by atoms with E-state index in [9.17, 15) is 0 Å². The summed E-state index contributed by atoms with van der Waals surface area (Å²) in [5.41, 5.74) is 1.09. The van der Waals surface area contributed by atoms with E-state index in [-0.39, 0.29) is 0 Å². The van der Waals surface area contributed by atoms with Crippen molar-refractivity contribution in [3.63, 3.8) is 0 Å². The molecule has 1 aromatic rings. The lowest BCUT2D eigenvalue weighted by Crippen LogP contribution is -2.23. The Balaban J connectivity index is 2.69. The van der Waals surface area contributed by atoms with Crippen LogP contribution in [0.4, 0.5) is 0 Å². The van der Waals surface area contributed by atoms with Crippen LogP contribution in [0.25, 0.3) is 0 Å². The lowest BCUT2D eigenvalue weighted by Gasteiger charge is -2.17. The maximum atomic E-state index is 4.47. The van der Waals surface area contributed by atoms with Gasteiger partial charge in [-0.15, -0.1) is 6.58 Å². The SMILES string of the molecule is C=CCCC(NCCC)c1ccnc(C)n1. The average Bonchev–Trinajstić information content (AvgIpc) is 2.29. The van der Waals surface area contributed by atoms with Gasteiger partial charge in [0.25, 0.3) is 0 Å². The first-order chi connectivity index (χ1) is 7.77. The largest absolute Gasteiger partial charge is 0.309 e. The zero-order valence-electron chi connectivity index (χ0n) is 10.2. The highest BCUT2D eigenvalue weighted by Crippen LogP contribution is 2.16. The second-order valence-electron chi connectivity index (χ2n) is 3.90. The molecule has 0 saturated heterocycles. The number of hydrogen-bond donors (Lipinski definition) is 1. The van der Waals surface area contributed by atoms with Gasteiger partial charge in [0, 0.05) is 12.2 Å².